The van der Waals surface area contributed by atoms with Crippen LogP contribution in [0.1, 0.15) is 18.4 Å². The molecule has 2 heteroatoms. The van der Waals surface area contributed by atoms with Crippen LogP contribution in [0.15, 0.2) is 54.6 Å². The summed E-state index contributed by atoms with van der Waals surface area (Å²) < 4.78 is 0. The van der Waals surface area contributed by atoms with Crippen LogP contribution in [-0.2, 0) is 6.42 Å². The van der Waals surface area contributed by atoms with E-state index in [1.54, 1.807) is 0 Å². The zero-order chi connectivity index (χ0) is 14.5. The van der Waals surface area contributed by atoms with Crippen molar-refractivity contribution in [3.8, 4) is 11.1 Å². The summed E-state index contributed by atoms with van der Waals surface area (Å²) in [5.74, 6) is 0. The van der Waals surface area contributed by atoms with Gasteiger partial charge in [-0.25, -0.2) is 0 Å². The van der Waals surface area contributed by atoms with Crippen LogP contribution in [0.5, 0.6) is 0 Å². The average molecular weight is 281 g/mol. The zero-order valence-corrected chi connectivity index (χ0v) is 12.4. The molecule has 0 unspecified atom stereocenters. The molecular weight excluding hydrogens is 258 g/mol. The van der Waals surface area contributed by atoms with Crippen molar-refractivity contribution in [2.75, 3.05) is 19.6 Å². The Balaban J connectivity index is 1.55. The van der Waals surface area contributed by atoms with Crippen molar-refractivity contribution in [3.05, 3.63) is 60.2 Å². The Morgan fingerprint density at radius 2 is 1.48 bits per heavy atom. The minimum absolute atomic E-state index is 0.0774. The molecule has 3 rings (SSSR count). The predicted molar refractivity (Wildman–Crippen MR) is 87.3 cm³/mol. The summed E-state index contributed by atoms with van der Waals surface area (Å²) >= 11 is 0. The summed E-state index contributed by atoms with van der Waals surface area (Å²) in [5, 5.41) is 9.52. The Hall–Kier alpha value is -1.64. The lowest BCUT2D eigenvalue weighted by Gasteiger charge is -2.29. The van der Waals surface area contributed by atoms with Crippen LogP contribution >= 0.6 is 0 Å². The smallest absolute Gasteiger partial charge is 0.0564 e. The first-order valence-corrected chi connectivity index (χ1v) is 7.86. The molecule has 2 nitrogen and oxygen atoms in total. The number of benzene rings is 2. The third-order valence-electron chi connectivity index (χ3n) is 4.33. The fraction of sp³-hybridized carbons (Fsp3) is 0.368. The molecule has 110 valence electrons. The van der Waals surface area contributed by atoms with Gasteiger partial charge < -0.3 is 10.0 Å². The van der Waals surface area contributed by atoms with Gasteiger partial charge >= 0.3 is 0 Å². The van der Waals surface area contributed by atoms with E-state index in [0.717, 1.165) is 38.9 Å². The number of hydrogen-bond donors (Lipinski definition) is 1. The van der Waals surface area contributed by atoms with Crippen LogP contribution in [0.4, 0.5) is 0 Å². The van der Waals surface area contributed by atoms with Gasteiger partial charge in [0, 0.05) is 19.6 Å². The van der Waals surface area contributed by atoms with E-state index in [4.69, 9.17) is 0 Å². The van der Waals surface area contributed by atoms with Gasteiger partial charge in [0.15, 0.2) is 0 Å². The van der Waals surface area contributed by atoms with Gasteiger partial charge in [-0.1, -0.05) is 54.6 Å². The highest BCUT2D eigenvalue weighted by molar-refractivity contribution is 5.63. The molecule has 0 aliphatic carbocycles. The Morgan fingerprint density at radius 3 is 2.14 bits per heavy atom. The Labute approximate surface area is 127 Å². The molecule has 1 saturated heterocycles. The molecule has 0 spiro atoms. The van der Waals surface area contributed by atoms with E-state index in [1.807, 2.05) is 6.07 Å². The van der Waals surface area contributed by atoms with E-state index in [0.29, 0.717) is 0 Å². The number of hydrogen-bond acceptors (Lipinski definition) is 2. The monoisotopic (exact) mass is 281 g/mol. The number of aliphatic hydroxyl groups excluding tert-OH is 1. The second kappa shape index (κ2) is 6.88. The minimum Gasteiger partial charge on any atom is -0.393 e. The maximum absolute atomic E-state index is 9.52. The van der Waals surface area contributed by atoms with Gasteiger partial charge in [0.2, 0.25) is 0 Å². The van der Waals surface area contributed by atoms with Gasteiger partial charge in [-0.3, -0.25) is 0 Å². The maximum Gasteiger partial charge on any atom is 0.0564 e. The standard InChI is InChI=1S/C19H23NO/c21-19-11-14-20(15-12-19)13-10-16-6-8-18(9-7-16)17-4-2-1-3-5-17/h1-9,19,21H,10-15H2. The fourth-order valence-electron chi connectivity index (χ4n) is 2.92. The molecule has 2 aromatic rings. The minimum atomic E-state index is -0.0774. The number of aliphatic hydroxyl groups is 1. The van der Waals surface area contributed by atoms with E-state index >= 15 is 0 Å². The maximum atomic E-state index is 9.52. The molecule has 1 fully saturated rings. The van der Waals surface area contributed by atoms with Crippen LogP contribution in [0.2, 0.25) is 0 Å². The van der Waals surface area contributed by atoms with Gasteiger partial charge in [-0.05, 0) is 36.0 Å². The summed E-state index contributed by atoms with van der Waals surface area (Å²) in [6.07, 6.45) is 2.86. The summed E-state index contributed by atoms with van der Waals surface area (Å²) in [6.45, 7) is 3.16. The van der Waals surface area contributed by atoms with E-state index < -0.39 is 0 Å². The van der Waals surface area contributed by atoms with Crippen molar-refractivity contribution in [1.82, 2.24) is 4.90 Å². The molecule has 1 heterocycles. The predicted octanol–water partition coefficient (Wildman–Crippen LogP) is 3.35. The van der Waals surface area contributed by atoms with Crippen molar-refractivity contribution >= 4 is 0 Å². The van der Waals surface area contributed by atoms with Crippen LogP contribution in [0.25, 0.3) is 11.1 Å². The van der Waals surface area contributed by atoms with E-state index in [2.05, 4.69) is 53.4 Å². The second-order valence-corrected chi connectivity index (χ2v) is 5.89. The van der Waals surface area contributed by atoms with Crippen molar-refractivity contribution < 1.29 is 5.11 Å². The number of likely N-dealkylation sites (tertiary alicyclic amines) is 1. The lowest BCUT2D eigenvalue weighted by Crippen LogP contribution is -2.37. The van der Waals surface area contributed by atoms with Gasteiger partial charge in [-0.2, -0.15) is 0 Å². The topological polar surface area (TPSA) is 23.5 Å². The van der Waals surface area contributed by atoms with Gasteiger partial charge in [0.25, 0.3) is 0 Å². The van der Waals surface area contributed by atoms with Crippen LogP contribution in [0.3, 0.4) is 0 Å². The van der Waals surface area contributed by atoms with E-state index in [9.17, 15) is 5.11 Å². The number of nitrogens with zero attached hydrogens (tertiary/aromatic N) is 1. The molecule has 0 radical (unpaired) electrons. The average Bonchev–Trinajstić information content (AvgIpc) is 2.56. The normalized spacial score (nSPS) is 17.0. The van der Waals surface area contributed by atoms with Crippen LogP contribution < -0.4 is 0 Å². The Bertz CT molecular complexity index is 542. The van der Waals surface area contributed by atoms with Crippen molar-refractivity contribution in [2.24, 2.45) is 0 Å². The van der Waals surface area contributed by atoms with Crippen molar-refractivity contribution in [2.45, 2.75) is 25.4 Å². The summed E-state index contributed by atoms with van der Waals surface area (Å²) in [5.41, 5.74) is 3.94. The van der Waals surface area contributed by atoms with Crippen LogP contribution in [0, 0.1) is 0 Å². The van der Waals surface area contributed by atoms with E-state index in [1.165, 1.54) is 16.7 Å². The third-order valence-corrected chi connectivity index (χ3v) is 4.33. The Kier molecular flexibility index (Phi) is 4.69. The lowest BCUT2D eigenvalue weighted by atomic mass is 10.0. The first kappa shape index (κ1) is 14.3. The first-order chi connectivity index (χ1) is 10.3. The second-order valence-electron chi connectivity index (χ2n) is 5.89. The highest BCUT2D eigenvalue weighted by Crippen LogP contribution is 2.19. The Morgan fingerprint density at radius 1 is 0.857 bits per heavy atom. The molecule has 0 atom stereocenters. The molecule has 1 aliphatic rings. The molecule has 21 heavy (non-hydrogen) atoms. The quantitative estimate of drug-likeness (QED) is 0.929. The summed E-state index contributed by atoms with van der Waals surface area (Å²) in [4.78, 5) is 2.46. The molecular formula is C19H23NO. The lowest BCUT2D eigenvalue weighted by molar-refractivity contribution is 0.0832. The molecule has 0 aromatic heterocycles. The molecule has 0 saturated carbocycles. The molecule has 1 aliphatic heterocycles. The van der Waals surface area contributed by atoms with Gasteiger partial charge in [0.05, 0.1) is 6.10 Å². The zero-order valence-electron chi connectivity index (χ0n) is 12.4. The van der Waals surface area contributed by atoms with Gasteiger partial charge in [-0.15, -0.1) is 0 Å². The number of piperidine rings is 1. The molecule has 1 N–H and O–H groups in total. The summed E-state index contributed by atoms with van der Waals surface area (Å²) in [6, 6.07) is 19.4. The fourth-order valence-corrected chi connectivity index (χ4v) is 2.92. The highest BCUT2D eigenvalue weighted by atomic mass is 16.3. The van der Waals surface area contributed by atoms with Gasteiger partial charge in [0.1, 0.15) is 0 Å². The van der Waals surface area contributed by atoms with Crippen LogP contribution in [-0.4, -0.2) is 35.7 Å². The van der Waals surface area contributed by atoms with Crippen molar-refractivity contribution in [1.29, 1.82) is 0 Å². The first-order valence-electron chi connectivity index (χ1n) is 7.86. The largest absolute Gasteiger partial charge is 0.393 e. The van der Waals surface area contributed by atoms with E-state index in [-0.39, 0.29) is 6.10 Å². The summed E-state index contributed by atoms with van der Waals surface area (Å²) in [7, 11) is 0. The molecule has 2 aromatic carbocycles. The molecule has 0 amide bonds. The van der Waals surface area contributed by atoms with Crippen molar-refractivity contribution in [3.63, 3.8) is 0 Å². The highest BCUT2D eigenvalue weighted by Gasteiger charge is 2.16. The third kappa shape index (κ3) is 3.93. The SMILES string of the molecule is OC1CCN(CCc2ccc(-c3ccccc3)cc2)CC1. The molecule has 0 bridgehead atoms. The number of rotatable bonds is 4.